The summed E-state index contributed by atoms with van der Waals surface area (Å²) in [7, 11) is 0. The Balaban J connectivity index is 2.13. The molecular formula is C12H16BrN3O. The van der Waals surface area contributed by atoms with E-state index in [1.807, 2.05) is 19.3 Å². The number of hydrogen-bond donors (Lipinski definition) is 1. The first-order valence-corrected chi connectivity index (χ1v) is 6.53. The van der Waals surface area contributed by atoms with Crippen LogP contribution in [-0.4, -0.2) is 24.0 Å². The summed E-state index contributed by atoms with van der Waals surface area (Å²) in [5.74, 6) is -0.137. The molecule has 17 heavy (non-hydrogen) atoms. The summed E-state index contributed by atoms with van der Waals surface area (Å²) in [6.45, 7) is 3.79. The van der Waals surface area contributed by atoms with Crippen LogP contribution in [0.25, 0.3) is 0 Å². The molecule has 1 amide bonds. The van der Waals surface area contributed by atoms with Gasteiger partial charge in [0.25, 0.3) is 0 Å². The lowest BCUT2D eigenvalue weighted by molar-refractivity contribution is -0.122. The third-order valence-corrected chi connectivity index (χ3v) is 3.85. The Morgan fingerprint density at radius 2 is 2.12 bits per heavy atom. The summed E-state index contributed by atoms with van der Waals surface area (Å²) in [6, 6.07) is 0. The maximum absolute atomic E-state index is 11.1. The van der Waals surface area contributed by atoms with Gasteiger partial charge in [-0.05, 0) is 41.3 Å². The number of nitrogens with zero attached hydrogens (tertiary/aromatic N) is 2. The van der Waals surface area contributed by atoms with Crippen LogP contribution in [0.2, 0.25) is 0 Å². The smallest absolute Gasteiger partial charge is 0.220 e. The van der Waals surface area contributed by atoms with Gasteiger partial charge in [-0.3, -0.25) is 9.78 Å². The number of amides is 1. The topological polar surface area (TPSA) is 59.2 Å². The molecule has 92 valence electrons. The van der Waals surface area contributed by atoms with E-state index >= 15 is 0 Å². The van der Waals surface area contributed by atoms with Crippen molar-refractivity contribution in [2.24, 2.45) is 11.7 Å². The Morgan fingerprint density at radius 1 is 1.47 bits per heavy atom. The minimum absolute atomic E-state index is 0.0344. The molecule has 0 radical (unpaired) electrons. The molecule has 0 spiro atoms. The van der Waals surface area contributed by atoms with E-state index in [1.54, 1.807) is 0 Å². The summed E-state index contributed by atoms with van der Waals surface area (Å²) in [5, 5.41) is 0. The van der Waals surface area contributed by atoms with Gasteiger partial charge in [0.15, 0.2) is 0 Å². The van der Waals surface area contributed by atoms with Crippen LogP contribution < -0.4 is 10.6 Å². The highest BCUT2D eigenvalue weighted by atomic mass is 79.9. The molecule has 1 fully saturated rings. The second-order valence-electron chi connectivity index (χ2n) is 4.45. The van der Waals surface area contributed by atoms with Gasteiger partial charge in [-0.25, -0.2) is 0 Å². The predicted octanol–water partition coefficient (Wildman–Crippen LogP) is 1.85. The van der Waals surface area contributed by atoms with Gasteiger partial charge in [-0.15, -0.1) is 0 Å². The highest BCUT2D eigenvalue weighted by Gasteiger charge is 2.24. The van der Waals surface area contributed by atoms with Crippen LogP contribution >= 0.6 is 15.9 Å². The van der Waals surface area contributed by atoms with Crippen LogP contribution in [-0.2, 0) is 4.79 Å². The zero-order chi connectivity index (χ0) is 12.4. The first-order chi connectivity index (χ1) is 8.09. The molecule has 2 rings (SSSR count). The van der Waals surface area contributed by atoms with Gasteiger partial charge in [0.2, 0.25) is 5.91 Å². The number of halogens is 1. The minimum Gasteiger partial charge on any atom is -0.370 e. The standard InChI is InChI=1S/C12H16BrN3O/c1-8-6-15-7-10(13)11(8)16-4-2-9(3-5-16)12(14)17/h6-7,9H,2-5H2,1H3,(H2,14,17). The van der Waals surface area contributed by atoms with Crippen molar-refractivity contribution in [3.8, 4) is 0 Å². The van der Waals surface area contributed by atoms with E-state index < -0.39 is 0 Å². The van der Waals surface area contributed by atoms with Crippen molar-refractivity contribution in [3.05, 3.63) is 22.4 Å². The Morgan fingerprint density at radius 3 is 2.65 bits per heavy atom. The van der Waals surface area contributed by atoms with Gasteiger partial charge in [0.1, 0.15) is 0 Å². The minimum atomic E-state index is -0.171. The van der Waals surface area contributed by atoms with E-state index in [0.29, 0.717) is 0 Å². The molecule has 0 bridgehead atoms. The Kier molecular flexibility index (Phi) is 3.66. The fraction of sp³-hybridized carbons (Fsp3) is 0.500. The highest BCUT2D eigenvalue weighted by molar-refractivity contribution is 9.10. The molecule has 5 heteroatoms. The summed E-state index contributed by atoms with van der Waals surface area (Å²) in [4.78, 5) is 17.5. The maximum Gasteiger partial charge on any atom is 0.220 e. The Hall–Kier alpha value is -1.10. The number of anilines is 1. The molecular weight excluding hydrogens is 282 g/mol. The van der Waals surface area contributed by atoms with Gasteiger partial charge in [-0.2, -0.15) is 0 Å². The highest BCUT2D eigenvalue weighted by Crippen LogP contribution is 2.31. The van der Waals surface area contributed by atoms with Crippen molar-refractivity contribution >= 4 is 27.5 Å². The van der Waals surface area contributed by atoms with Gasteiger partial charge in [0, 0.05) is 31.4 Å². The Bertz CT molecular complexity index is 408. The number of rotatable bonds is 2. The number of aryl methyl sites for hydroxylation is 1. The lowest BCUT2D eigenvalue weighted by atomic mass is 9.96. The third-order valence-electron chi connectivity index (χ3n) is 3.27. The van der Waals surface area contributed by atoms with Crippen molar-refractivity contribution in [3.63, 3.8) is 0 Å². The third kappa shape index (κ3) is 2.60. The van der Waals surface area contributed by atoms with Crippen LogP contribution in [0.1, 0.15) is 18.4 Å². The molecule has 1 aliphatic heterocycles. The molecule has 1 aromatic heterocycles. The van der Waals surface area contributed by atoms with E-state index in [0.717, 1.165) is 36.0 Å². The number of hydrogen-bond acceptors (Lipinski definition) is 3. The van der Waals surface area contributed by atoms with Gasteiger partial charge in [0.05, 0.1) is 10.2 Å². The van der Waals surface area contributed by atoms with Gasteiger partial charge in [-0.1, -0.05) is 0 Å². The van der Waals surface area contributed by atoms with Crippen LogP contribution in [0.5, 0.6) is 0 Å². The number of carbonyl (C=O) groups excluding carboxylic acids is 1. The SMILES string of the molecule is Cc1cncc(Br)c1N1CCC(C(N)=O)CC1. The number of carbonyl (C=O) groups is 1. The first kappa shape index (κ1) is 12.4. The number of piperidine rings is 1. The quantitative estimate of drug-likeness (QED) is 0.906. The van der Waals surface area contributed by atoms with Gasteiger partial charge >= 0.3 is 0 Å². The van der Waals surface area contributed by atoms with Crippen LogP contribution in [0, 0.1) is 12.8 Å². The number of aromatic nitrogens is 1. The predicted molar refractivity (Wildman–Crippen MR) is 70.8 cm³/mol. The molecule has 0 aromatic carbocycles. The zero-order valence-electron chi connectivity index (χ0n) is 9.82. The number of nitrogens with two attached hydrogens (primary N) is 1. The van der Waals surface area contributed by atoms with Gasteiger partial charge < -0.3 is 10.6 Å². The summed E-state index contributed by atoms with van der Waals surface area (Å²) >= 11 is 3.53. The van der Waals surface area contributed by atoms with Crippen LogP contribution in [0.15, 0.2) is 16.9 Å². The number of pyridine rings is 1. The van der Waals surface area contributed by atoms with Crippen molar-refractivity contribution in [1.82, 2.24) is 4.98 Å². The molecule has 0 saturated carbocycles. The van der Waals surface area contributed by atoms with E-state index in [2.05, 4.69) is 25.8 Å². The largest absolute Gasteiger partial charge is 0.370 e. The Labute approximate surface area is 109 Å². The second kappa shape index (κ2) is 5.04. The molecule has 1 aromatic rings. The lowest BCUT2D eigenvalue weighted by Crippen LogP contribution is -2.39. The van der Waals surface area contributed by atoms with E-state index in [4.69, 9.17) is 5.73 Å². The van der Waals surface area contributed by atoms with E-state index in [9.17, 15) is 4.79 Å². The average molecular weight is 298 g/mol. The monoisotopic (exact) mass is 297 g/mol. The molecule has 2 heterocycles. The maximum atomic E-state index is 11.1. The molecule has 0 unspecified atom stereocenters. The fourth-order valence-corrected chi connectivity index (χ4v) is 2.99. The van der Waals surface area contributed by atoms with Crippen molar-refractivity contribution in [2.75, 3.05) is 18.0 Å². The lowest BCUT2D eigenvalue weighted by Gasteiger charge is -2.33. The molecule has 0 aliphatic carbocycles. The average Bonchev–Trinajstić information content (AvgIpc) is 2.29. The van der Waals surface area contributed by atoms with E-state index in [1.165, 1.54) is 5.69 Å². The summed E-state index contributed by atoms with van der Waals surface area (Å²) in [6.07, 6.45) is 5.34. The second-order valence-corrected chi connectivity index (χ2v) is 5.30. The molecule has 0 atom stereocenters. The van der Waals surface area contributed by atoms with Crippen molar-refractivity contribution in [1.29, 1.82) is 0 Å². The van der Waals surface area contributed by atoms with Crippen LogP contribution in [0.3, 0.4) is 0 Å². The summed E-state index contributed by atoms with van der Waals surface area (Å²) in [5.41, 5.74) is 7.67. The number of primary amides is 1. The molecule has 1 aliphatic rings. The first-order valence-electron chi connectivity index (χ1n) is 5.74. The zero-order valence-corrected chi connectivity index (χ0v) is 11.4. The molecule has 4 nitrogen and oxygen atoms in total. The van der Waals surface area contributed by atoms with Crippen molar-refractivity contribution < 1.29 is 4.79 Å². The van der Waals surface area contributed by atoms with E-state index in [-0.39, 0.29) is 11.8 Å². The molecule has 1 saturated heterocycles. The summed E-state index contributed by atoms with van der Waals surface area (Å²) < 4.78 is 1.01. The van der Waals surface area contributed by atoms with Crippen LogP contribution in [0.4, 0.5) is 5.69 Å². The van der Waals surface area contributed by atoms with Crippen molar-refractivity contribution in [2.45, 2.75) is 19.8 Å². The fourth-order valence-electron chi connectivity index (χ4n) is 2.31. The normalized spacial score (nSPS) is 17.2. The molecule has 2 N–H and O–H groups in total.